The fourth-order valence-corrected chi connectivity index (χ4v) is 6.19. The summed E-state index contributed by atoms with van der Waals surface area (Å²) in [4.78, 5) is 19.3. The van der Waals surface area contributed by atoms with Crippen LogP contribution in [0, 0.1) is 17.3 Å². The summed E-state index contributed by atoms with van der Waals surface area (Å²) in [5.41, 5.74) is 9.25. The largest absolute Gasteiger partial charge is 0.387 e. The molecule has 1 fully saturated rings. The zero-order valence-electron chi connectivity index (χ0n) is 17.8. The van der Waals surface area contributed by atoms with Crippen molar-refractivity contribution >= 4 is 11.6 Å². The van der Waals surface area contributed by atoms with Crippen molar-refractivity contribution in [3.05, 3.63) is 34.9 Å². The summed E-state index contributed by atoms with van der Waals surface area (Å²) in [5.74, 6) is 0.939. The molecule has 3 unspecified atom stereocenters. The summed E-state index contributed by atoms with van der Waals surface area (Å²) in [7, 11) is 1.80. The number of Topliss-reactive ketones (excluding diaryl/α,β-unsaturated/α-hetero) is 1. The Morgan fingerprint density at radius 2 is 1.96 bits per heavy atom. The van der Waals surface area contributed by atoms with Gasteiger partial charge >= 0.3 is 0 Å². The van der Waals surface area contributed by atoms with E-state index in [1.807, 2.05) is 0 Å². The van der Waals surface area contributed by atoms with Gasteiger partial charge in [0.1, 0.15) is 0 Å². The lowest BCUT2D eigenvalue weighted by Crippen LogP contribution is -2.57. The molecule has 1 saturated carbocycles. The van der Waals surface area contributed by atoms with E-state index in [0.717, 1.165) is 50.5 Å². The Bertz CT molecular complexity index is 807. The number of nitrogens with zero attached hydrogens (tertiary/aromatic N) is 1. The number of aliphatic imine (C=N–C) groups is 1. The Balaban J connectivity index is 1.93. The molecule has 1 aromatic carbocycles. The smallest absolute Gasteiger partial charge is 0.169 e. The van der Waals surface area contributed by atoms with Gasteiger partial charge in [-0.2, -0.15) is 0 Å². The summed E-state index contributed by atoms with van der Waals surface area (Å²) in [6, 6.07) is 6.71. The molecule has 1 heterocycles. The van der Waals surface area contributed by atoms with Gasteiger partial charge in [0, 0.05) is 24.4 Å². The van der Waals surface area contributed by atoms with E-state index in [2.05, 4.69) is 39.0 Å². The Kier molecular flexibility index (Phi) is 4.89. The molecule has 2 spiro atoms. The van der Waals surface area contributed by atoms with Crippen LogP contribution in [0.2, 0.25) is 0 Å². The highest BCUT2D eigenvalue weighted by Gasteiger charge is 2.65. The van der Waals surface area contributed by atoms with Crippen molar-refractivity contribution in [3.63, 3.8) is 0 Å². The lowest BCUT2D eigenvalue weighted by Gasteiger charge is -2.50. The van der Waals surface area contributed by atoms with E-state index in [1.54, 1.807) is 7.11 Å². The molecule has 4 heteroatoms. The molecule has 2 aliphatic carbocycles. The number of rotatable bonds is 3. The number of ketones is 1. The third-order valence-electron chi connectivity index (χ3n) is 7.99. The van der Waals surface area contributed by atoms with Gasteiger partial charge in [-0.15, -0.1) is 0 Å². The predicted molar refractivity (Wildman–Crippen MR) is 112 cm³/mol. The molecule has 1 aromatic rings. The number of hydrogen-bond acceptors (Lipinski definition) is 4. The van der Waals surface area contributed by atoms with Crippen molar-refractivity contribution in [1.29, 1.82) is 0 Å². The molecule has 28 heavy (non-hydrogen) atoms. The monoisotopic (exact) mass is 382 g/mol. The lowest BCUT2D eigenvalue weighted by atomic mass is 9.56. The fourth-order valence-electron chi connectivity index (χ4n) is 6.19. The number of hydrogen-bond donors (Lipinski definition) is 1. The average molecular weight is 383 g/mol. The SMILES string of the molecule is CCc1ccc2c(c1)C1(N=C(N)C(C)C(CC)C1=O)C1(CCC(OC)CC1)C2. The standard InChI is InChI=1S/C24H34N2O2/c1-5-16-7-8-17-14-23(11-9-18(28-4)10-12-23)24(20(17)13-16)21(27)19(6-2)15(3)22(25)26-24/h7-8,13,15,18-19H,5-6,9-12,14H2,1-4H3,(H2,25,26). The minimum Gasteiger partial charge on any atom is -0.387 e. The number of ether oxygens (including phenoxy) is 1. The van der Waals surface area contributed by atoms with Gasteiger partial charge in [-0.3, -0.25) is 9.79 Å². The maximum Gasteiger partial charge on any atom is 0.169 e. The minimum absolute atomic E-state index is 0.0221. The van der Waals surface area contributed by atoms with Crippen LogP contribution in [-0.4, -0.2) is 24.8 Å². The van der Waals surface area contributed by atoms with Crippen molar-refractivity contribution in [2.75, 3.05) is 7.11 Å². The summed E-state index contributed by atoms with van der Waals surface area (Å²) in [5, 5.41) is 0. The molecule has 0 aromatic heterocycles. The second-order valence-electron chi connectivity index (χ2n) is 9.15. The highest BCUT2D eigenvalue weighted by molar-refractivity contribution is 6.03. The molecular formula is C24H34N2O2. The molecule has 4 rings (SSSR count). The average Bonchev–Trinajstić information content (AvgIpc) is 2.97. The highest BCUT2D eigenvalue weighted by atomic mass is 16.5. The molecule has 3 atom stereocenters. The fraction of sp³-hybridized carbons (Fsp3) is 0.667. The summed E-state index contributed by atoms with van der Waals surface area (Å²) < 4.78 is 5.65. The van der Waals surface area contributed by atoms with Crippen molar-refractivity contribution in [3.8, 4) is 0 Å². The summed E-state index contributed by atoms with van der Waals surface area (Å²) >= 11 is 0. The number of carbonyl (C=O) groups excluding carboxylic acids is 1. The van der Waals surface area contributed by atoms with E-state index in [-0.39, 0.29) is 17.3 Å². The molecule has 2 N–H and O–H groups in total. The van der Waals surface area contributed by atoms with E-state index in [9.17, 15) is 4.79 Å². The van der Waals surface area contributed by atoms with Crippen LogP contribution >= 0.6 is 0 Å². The zero-order valence-corrected chi connectivity index (χ0v) is 17.8. The number of aryl methyl sites for hydroxylation is 1. The normalized spacial score (nSPS) is 37.4. The number of benzene rings is 1. The molecule has 0 radical (unpaired) electrons. The van der Waals surface area contributed by atoms with Crippen LogP contribution in [0.1, 0.15) is 69.6 Å². The van der Waals surface area contributed by atoms with E-state index in [1.165, 1.54) is 11.1 Å². The summed E-state index contributed by atoms with van der Waals surface area (Å²) in [6.45, 7) is 6.34. The maximum absolute atomic E-state index is 14.1. The molecule has 152 valence electrons. The molecular weight excluding hydrogens is 348 g/mol. The van der Waals surface area contributed by atoms with Crippen LogP contribution < -0.4 is 5.73 Å². The van der Waals surface area contributed by atoms with Crippen LogP contribution in [0.4, 0.5) is 0 Å². The first-order valence-electron chi connectivity index (χ1n) is 11.0. The van der Waals surface area contributed by atoms with Crippen molar-refractivity contribution in [1.82, 2.24) is 0 Å². The van der Waals surface area contributed by atoms with Crippen molar-refractivity contribution < 1.29 is 9.53 Å². The van der Waals surface area contributed by atoms with Crippen LogP contribution in [0.15, 0.2) is 23.2 Å². The van der Waals surface area contributed by atoms with E-state index < -0.39 is 5.54 Å². The van der Waals surface area contributed by atoms with Gasteiger partial charge < -0.3 is 10.5 Å². The van der Waals surface area contributed by atoms with Gasteiger partial charge in [0.2, 0.25) is 0 Å². The zero-order chi connectivity index (χ0) is 20.1. The van der Waals surface area contributed by atoms with Crippen molar-refractivity contribution in [2.24, 2.45) is 28.0 Å². The summed E-state index contributed by atoms with van der Waals surface area (Å²) in [6.07, 6.45) is 6.91. The van der Waals surface area contributed by atoms with Gasteiger partial charge in [-0.1, -0.05) is 39.0 Å². The minimum atomic E-state index is -0.802. The van der Waals surface area contributed by atoms with Gasteiger partial charge in [-0.05, 0) is 61.6 Å². The molecule has 0 bridgehead atoms. The number of amidine groups is 1. The van der Waals surface area contributed by atoms with Gasteiger partial charge in [0.05, 0.1) is 11.9 Å². The van der Waals surface area contributed by atoms with Crippen LogP contribution in [-0.2, 0) is 27.9 Å². The maximum atomic E-state index is 14.1. The van der Waals surface area contributed by atoms with Gasteiger partial charge in [0.25, 0.3) is 0 Å². The lowest BCUT2D eigenvalue weighted by molar-refractivity contribution is -0.137. The van der Waals surface area contributed by atoms with Crippen LogP contribution in [0.3, 0.4) is 0 Å². The third kappa shape index (κ3) is 2.53. The van der Waals surface area contributed by atoms with Crippen LogP contribution in [0.25, 0.3) is 0 Å². The van der Waals surface area contributed by atoms with Crippen LogP contribution in [0.5, 0.6) is 0 Å². The molecule has 3 aliphatic rings. The van der Waals surface area contributed by atoms with E-state index >= 15 is 0 Å². The first-order valence-corrected chi connectivity index (χ1v) is 11.0. The third-order valence-corrected chi connectivity index (χ3v) is 7.99. The Labute approximate surface area is 168 Å². The number of carbonyl (C=O) groups is 1. The topological polar surface area (TPSA) is 64.7 Å². The number of methoxy groups -OCH3 is 1. The number of fused-ring (bicyclic) bond motifs is 3. The molecule has 0 amide bonds. The Morgan fingerprint density at radius 3 is 2.57 bits per heavy atom. The molecule has 4 nitrogen and oxygen atoms in total. The van der Waals surface area contributed by atoms with E-state index in [4.69, 9.17) is 15.5 Å². The van der Waals surface area contributed by atoms with Crippen molar-refractivity contribution in [2.45, 2.75) is 77.4 Å². The highest BCUT2D eigenvalue weighted by Crippen LogP contribution is 2.62. The predicted octanol–water partition coefficient (Wildman–Crippen LogP) is 4.18. The second-order valence-corrected chi connectivity index (χ2v) is 9.15. The Morgan fingerprint density at radius 1 is 1.25 bits per heavy atom. The van der Waals surface area contributed by atoms with Gasteiger partial charge in [0.15, 0.2) is 11.3 Å². The quantitative estimate of drug-likeness (QED) is 0.853. The first kappa shape index (κ1) is 19.6. The Hall–Kier alpha value is -1.68. The first-order chi connectivity index (χ1) is 13.4. The van der Waals surface area contributed by atoms with Gasteiger partial charge in [-0.25, -0.2) is 0 Å². The number of nitrogens with two attached hydrogens (primary N) is 1. The molecule has 0 saturated heterocycles. The second kappa shape index (κ2) is 6.98. The van der Waals surface area contributed by atoms with E-state index in [0.29, 0.717) is 17.7 Å². The molecule has 1 aliphatic heterocycles.